The summed E-state index contributed by atoms with van der Waals surface area (Å²) in [5, 5.41) is 1.08. The van der Waals surface area contributed by atoms with E-state index in [9.17, 15) is 0 Å². The van der Waals surface area contributed by atoms with Gasteiger partial charge in [-0.25, -0.2) is 4.98 Å². The summed E-state index contributed by atoms with van der Waals surface area (Å²) >= 11 is 1.72. The van der Waals surface area contributed by atoms with E-state index in [-0.39, 0.29) is 6.04 Å². The number of thiazole rings is 1. The van der Waals surface area contributed by atoms with Crippen LogP contribution in [0.15, 0.2) is 18.2 Å². The Morgan fingerprint density at radius 2 is 2.42 bits per heavy atom. The molecule has 0 saturated carbocycles. The Labute approximate surface area is 117 Å². The van der Waals surface area contributed by atoms with Crippen molar-refractivity contribution in [3.8, 4) is 5.75 Å². The van der Waals surface area contributed by atoms with Crippen molar-refractivity contribution in [1.82, 2.24) is 4.98 Å². The zero-order valence-corrected chi connectivity index (χ0v) is 11.9. The quantitative estimate of drug-likeness (QED) is 0.933. The van der Waals surface area contributed by atoms with E-state index in [1.807, 2.05) is 12.1 Å². The molecule has 4 nitrogen and oxygen atoms in total. The van der Waals surface area contributed by atoms with Crippen molar-refractivity contribution >= 4 is 26.7 Å². The molecule has 1 aliphatic heterocycles. The van der Waals surface area contributed by atoms with Crippen LogP contribution in [-0.2, 0) is 0 Å². The summed E-state index contributed by atoms with van der Waals surface area (Å²) in [6.45, 7) is 4.80. The van der Waals surface area contributed by atoms with E-state index >= 15 is 0 Å². The summed E-state index contributed by atoms with van der Waals surface area (Å²) in [6.07, 6.45) is 2.08. The van der Waals surface area contributed by atoms with Gasteiger partial charge in [0.25, 0.3) is 0 Å². The maximum absolute atomic E-state index is 5.95. The molecule has 2 N–H and O–H groups in total. The van der Waals surface area contributed by atoms with Gasteiger partial charge < -0.3 is 15.4 Å². The van der Waals surface area contributed by atoms with Gasteiger partial charge in [-0.2, -0.15) is 0 Å². The Morgan fingerprint density at radius 3 is 3.16 bits per heavy atom. The number of hydrogen-bond donors (Lipinski definition) is 1. The number of aromatic nitrogens is 1. The van der Waals surface area contributed by atoms with Gasteiger partial charge in [0.15, 0.2) is 5.13 Å². The fourth-order valence-corrected chi connectivity index (χ4v) is 3.33. The molecule has 3 rings (SSSR count). The van der Waals surface area contributed by atoms with E-state index in [0.717, 1.165) is 48.9 Å². The number of fused-ring (bicyclic) bond motifs is 1. The van der Waals surface area contributed by atoms with Crippen LogP contribution in [0.2, 0.25) is 0 Å². The minimum atomic E-state index is 0.287. The molecule has 0 spiro atoms. The van der Waals surface area contributed by atoms with Gasteiger partial charge in [0, 0.05) is 19.1 Å². The molecule has 19 heavy (non-hydrogen) atoms. The third-order valence-electron chi connectivity index (χ3n) is 3.32. The standard InChI is InChI=1S/C14H19N3OS/c1-2-7-18-11-3-4-12-13(8-11)19-14(16-12)17-6-5-10(15)9-17/h3-4,8,10H,2,5-7,9,15H2,1H3. The number of benzene rings is 1. The second kappa shape index (κ2) is 5.35. The fourth-order valence-electron chi connectivity index (χ4n) is 2.30. The van der Waals surface area contributed by atoms with E-state index < -0.39 is 0 Å². The van der Waals surface area contributed by atoms with Crippen LogP contribution in [0.3, 0.4) is 0 Å². The molecule has 102 valence electrons. The Balaban J connectivity index is 1.84. The molecule has 5 heteroatoms. The number of nitrogens with zero attached hydrogens (tertiary/aromatic N) is 2. The predicted octanol–water partition coefficient (Wildman–Crippen LogP) is 2.62. The van der Waals surface area contributed by atoms with Crippen molar-refractivity contribution in [1.29, 1.82) is 0 Å². The minimum Gasteiger partial charge on any atom is -0.494 e. The first-order valence-electron chi connectivity index (χ1n) is 6.80. The van der Waals surface area contributed by atoms with Gasteiger partial charge in [-0.1, -0.05) is 18.3 Å². The lowest BCUT2D eigenvalue weighted by atomic mass is 10.3. The van der Waals surface area contributed by atoms with Gasteiger partial charge in [0.1, 0.15) is 5.75 Å². The molecule has 1 unspecified atom stereocenters. The van der Waals surface area contributed by atoms with Gasteiger partial charge in [-0.3, -0.25) is 0 Å². The molecule has 1 atom stereocenters. The predicted molar refractivity (Wildman–Crippen MR) is 80.2 cm³/mol. The van der Waals surface area contributed by atoms with Crippen LogP contribution in [-0.4, -0.2) is 30.7 Å². The second-order valence-electron chi connectivity index (χ2n) is 4.97. The normalized spacial score (nSPS) is 19.3. The molecule has 1 saturated heterocycles. The maximum atomic E-state index is 5.95. The van der Waals surface area contributed by atoms with Gasteiger partial charge in [0.2, 0.25) is 0 Å². The topological polar surface area (TPSA) is 51.4 Å². The van der Waals surface area contributed by atoms with Crippen LogP contribution in [0, 0.1) is 0 Å². The Bertz CT molecular complexity index is 569. The van der Waals surface area contributed by atoms with Crippen LogP contribution in [0.4, 0.5) is 5.13 Å². The highest BCUT2D eigenvalue weighted by Crippen LogP contribution is 2.32. The SMILES string of the molecule is CCCOc1ccc2nc(N3CCC(N)C3)sc2c1. The van der Waals surface area contributed by atoms with Crippen molar-refractivity contribution < 1.29 is 4.74 Å². The van der Waals surface area contributed by atoms with E-state index in [4.69, 9.17) is 10.5 Å². The monoisotopic (exact) mass is 277 g/mol. The lowest BCUT2D eigenvalue weighted by Gasteiger charge is -2.12. The maximum Gasteiger partial charge on any atom is 0.186 e. The molecule has 0 radical (unpaired) electrons. The highest BCUT2D eigenvalue weighted by molar-refractivity contribution is 7.22. The smallest absolute Gasteiger partial charge is 0.186 e. The van der Waals surface area contributed by atoms with Crippen molar-refractivity contribution in [3.63, 3.8) is 0 Å². The highest BCUT2D eigenvalue weighted by atomic mass is 32.1. The third-order valence-corrected chi connectivity index (χ3v) is 4.40. The third kappa shape index (κ3) is 2.67. The van der Waals surface area contributed by atoms with Gasteiger partial charge in [-0.05, 0) is 31.0 Å². The molecule has 0 bridgehead atoms. The van der Waals surface area contributed by atoms with Crippen molar-refractivity contribution in [2.24, 2.45) is 5.73 Å². The molecule has 1 aromatic heterocycles. The molecule has 1 fully saturated rings. The summed E-state index contributed by atoms with van der Waals surface area (Å²) in [7, 11) is 0. The molecule has 2 heterocycles. The zero-order valence-electron chi connectivity index (χ0n) is 11.1. The van der Waals surface area contributed by atoms with E-state index in [1.54, 1.807) is 11.3 Å². The summed E-state index contributed by atoms with van der Waals surface area (Å²) in [5.74, 6) is 0.933. The Kier molecular flexibility index (Phi) is 3.57. The molecule has 1 aromatic carbocycles. The van der Waals surface area contributed by atoms with E-state index in [1.165, 1.54) is 4.70 Å². The molecule has 0 aliphatic carbocycles. The lowest BCUT2D eigenvalue weighted by Crippen LogP contribution is -2.26. The van der Waals surface area contributed by atoms with E-state index in [2.05, 4.69) is 22.9 Å². The van der Waals surface area contributed by atoms with Crippen LogP contribution in [0.5, 0.6) is 5.75 Å². The van der Waals surface area contributed by atoms with Crippen LogP contribution in [0.25, 0.3) is 10.2 Å². The molecular weight excluding hydrogens is 258 g/mol. The Hall–Kier alpha value is -1.33. The number of rotatable bonds is 4. The number of ether oxygens (including phenoxy) is 1. The van der Waals surface area contributed by atoms with Crippen LogP contribution < -0.4 is 15.4 Å². The number of anilines is 1. The number of hydrogen-bond acceptors (Lipinski definition) is 5. The molecular formula is C14H19N3OS. The largest absolute Gasteiger partial charge is 0.494 e. The second-order valence-corrected chi connectivity index (χ2v) is 5.98. The minimum absolute atomic E-state index is 0.287. The first-order valence-corrected chi connectivity index (χ1v) is 7.62. The van der Waals surface area contributed by atoms with Gasteiger partial charge in [-0.15, -0.1) is 0 Å². The summed E-state index contributed by atoms with van der Waals surface area (Å²) < 4.78 is 6.84. The molecule has 1 aliphatic rings. The van der Waals surface area contributed by atoms with Crippen LogP contribution in [0.1, 0.15) is 19.8 Å². The summed E-state index contributed by atoms with van der Waals surface area (Å²) in [5.41, 5.74) is 7.00. The number of nitrogens with two attached hydrogens (primary N) is 1. The van der Waals surface area contributed by atoms with Crippen LogP contribution >= 0.6 is 11.3 Å². The summed E-state index contributed by atoms with van der Waals surface area (Å²) in [6, 6.07) is 6.41. The van der Waals surface area contributed by atoms with Gasteiger partial charge >= 0.3 is 0 Å². The van der Waals surface area contributed by atoms with Crippen molar-refractivity contribution in [2.75, 3.05) is 24.6 Å². The van der Waals surface area contributed by atoms with Crippen molar-refractivity contribution in [3.05, 3.63) is 18.2 Å². The fraction of sp³-hybridized carbons (Fsp3) is 0.500. The zero-order chi connectivity index (χ0) is 13.2. The highest BCUT2D eigenvalue weighted by Gasteiger charge is 2.21. The first-order chi connectivity index (χ1) is 9.26. The molecule has 0 amide bonds. The average molecular weight is 277 g/mol. The average Bonchev–Trinajstić information content (AvgIpc) is 3.01. The first kappa shape index (κ1) is 12.7. The van der Waals surface area contributed by atoms with Crippen molar-refractivity contribution in [2.45, 2.75) is 25.8 Å². The van der Waals surface area contributed by atoms with E-state index in [0.29, 0.717) is 0 Å². The summed E-state index contributed by atoms with van der Waals surface area (Å²) in [4.78, 5) is 6.96. The molecule has 2 aromatic rings. The lowest BCUT2D eigenvalue weighted by molar-refractivity contribution is 0.318. The van der Waals surface area contributed by atoms with Gasteiger partial charge in [0.05, 0.1) is 16.8 Å². The Morgan fingerprint density at radius 1 is 1.53 bits per heavy atom.